The molecule has 1 aliphatic carbocycles. The van der Waals surface area contributed by atoms with Gasteiger partial charge in [-0.25, -0.2) is 4.98 Å². The molecule has 1 saturated carbocycles. The quantitative estimate of drug-likeness (QED) is 0.872. The summed E-state index contributed by atoms with van der Waals surface area (Å²) in [6.45, 7) is 2.78. The number of hydrogen-bond donors (Lipinski definition) is 1. The van der Waals surface area contributed by atoms with Crippen molar-refractivity contribution in [2.24, 2.45) is 5.41 Å². The normalized spacial score (nSPS) is 20.8. The van der Waals surface area contributed by atoms with Crippen LogP contribution in [0.15, 0.2) is 12.5 Å². The molecule has 0 saturated heterocycles. The maximum absolute atomic E-state index is 10.5. The smallest absolute Gasteiger partial charge is 0.114 e. The van der Waals surface area contributed by atoms with E-state index in [4.69, 9.17) is 0 Å². The van der Waals surface area contributed by atoms with Gasteiger partial charge in [-0.15, -0.1) is 0 Å². The van der Waals surface area contributed by atoms with Crippen LogP contribution in [0.2, 0.25) is 0 Å². The highest BCUT2D eigenvalue weighted by Crippen LogP contribution is 2.45. The van der Waals surface area contributed by atoms with Gasteiger partial charge >= 0.3 is 0 Å². The van der Waals surface area contributed by atoms with E-state index >= 15 is 0 Å². The molecule has 0 spiro atoms. The molecule has 1 N–H and O–H groups in total. The van der Waals surface area contributed by atoms with Gasteiger partial charge in [0.25, 0.3) is 0 Å². The predicted molar refractivity (Wildman–Crippen MR) is 64.0 cm³/mol. The maximum Gasteiger partial charge on any atom is 0.114 e. The number of rotatable bonds is 3. The van der Waals surface area contributed by atoms with Crippen LogP contribution in [-0.2, 0) is 6.54 Å². The number of aryl methyl sites for hydroxylation is 1. The van der Waals surface area contributed by atoms with Crippen molar-refractivity contribution < 1.29 is 5.11 Å². The minimum Gasteiger partial charge on any atom is -0.385 e. The van der Waals surface area contributed by atoms with Gasteiger partial charge < -0.3 is 9.67 Å². The molecule has 2 rings (SSSR count). The van der Waals surface area contributed by atoms with E-state index in [9.17, 15) is 10.4 Å². The minimum atomic E-state index is -0.713. The first-order chi connectivity index (χ1) is 8.23. The molecule has 4 nitrogen and oxygen atoms in total. The Morgan fingerprint density at radius 3 is 2.82 bits per heavy atom. The molecular weight excluding hydrogens is 214 g/mol. The van der Waals surface area contributed by atoms with Crippen LogP contribution in [0.5, 0.6) is 0 Å². The lowest BCUT2D eigenvalue weighted by Gasteiger charge is -2.35. The summed E-state index contributed by atoms with van der Waals surface area (Å²) in [4.78, 5) is 4.07. The highest BCUT2D eigenvalue weighted by molar-refractivity contribution is 5.15. The van der Waals surface area contributed by atoms with Gasteiger partial charge in [0.15, 0.2) is 0 Å². The molecule has 1 unspecified atom stereocenters. The minimum absolute atomic E-state index is 0.606. The fraction of sp³-hybridized carbons (Fsp3) is 0.692. The SMILES string of the molecule is CCn1cncc1C(O)C1(C#N)CCCCC1. The zero-order valence-corrected chi connectivity index (χ0v) is 10.3. The fourth-order valence-corrected chi connectivity index (χ4v) is 2.74. The van der Waals surface area contributed by atoms with Crippen LogP contribution in [0.1, 0.15) is 50.8 Å². The first-order valence-corrected chi connectivity index (χ1v) is 6.33. The van der Waals surface area contributed by atoms with Gasteiger partial charge in [-0.1, -0.05) is 19.3 Å². The average molecular weight is 233 g/mol. The first kappa shape index (κ1) is 12.1. The second-order valence-electron chi connectivity index (χ2n) is 4.84. The van der Waals surface area contributed by atoms with E-state index in [0.717, 1.165) is 37.9 Å². The molecule has 1 aromatic rings. The number of aliphatic hydroxyl groups is 1. The molecule has 0 aromatic carbocycles. The van der Waals surface area contributed by atoms with E-state index in [1.165, 1.54) is 6.42 Å². The molecule has 1 aliphatic rings. The third-order valence-corrected chi connectivity index (χ3v) is 3.86. The predicted octanol–water partition coefficient (Wildman–Crippen LogP) is 2.41. The van der Waals surface area contributed by atoms with Crippen molar-refractivity contribution in [1.29, 1.82) is 5.26 Å². The largest absolute Gasteiger partial charge is 0.385 e. The first-order valence-electron chi connectivity index (χ1n) is 6.33. The Labute approximate surface area is 102 Å². The van der Waals surface area contributed by atoms with E-state index in [1.54, 1.807) is 12.5 Å². The molecule has 4 heteroatoms. The van der Waals surface area contributed by atoms with Gasteiger partial charge in [-0.05, 0) is 19.8 Å². The number of aromatic nitrogens is 2. The van der Waals surface area contributed by atoms with Crippen LogP contribution >= 0.6 is 0 Å². The summed E-state index contributed by atoms with van der Waals surface area (Å²) in [5.41, 5.74) is 0.168. The lowest BCUT2D eigenvalue weighted by Crippen LogP contribution is -2.31. The highest BCUT2D eigenvalue weighted by Gasteiger charge is 2.41. The zero-order valence-electron chi connectivity index (χ0n) is 10.3. The summed E-state index contributed by atoms with van der Waals surface area (Å²) < 4.78 is 1.92. The molecule has 1 fully saturated rings. The van der Waals surface area contributed by atoms with Gasteiger partial charge in [0.05, 0.1) is 29.7 Å². The van der Waals surface area contributed by atoms with Crippen LogP contribution in [0.25, 0.3) is 0 Å². The summed E-state index contributed by atoms with van der Waals surface area (Å²) in [7, 11) is 0. The molecule has 17 heavy (non-hydrogen) atoms. The van der Waals surface area contributed by atoms with E-state index in [2.05, 4.69) is 11.1 Å². The van der Waals surface area contributed by atoms with Crippen molar-refractivity contribution in [2.45, 2.75) is 51.7 Å². The Morgan fingerprint density at radius 1 is 1.53 bits per heavy atom. The molecule has 0 radical (unpaired) electrons. The Balaban J connectivity index is 2.29. The summed E-state index contributed by atoms with van der Waals surface area (Å²) in [5.74, 6) is 0. The number of hydrogen-bond acceptors (Lipinski definition) is 3. The molecule has 0 bridgehead atoms. The Hall–Kier alpha value is -1.34. The van der Waals surface area contributed by atoms with E-state index < -0.39 is 11.5 Å². The van der Waals surface area contributed by atoms with Crippen molar-refractivity contribution >= 4 is 0 Å². The van der Waals surface area contributed by atoms with Crippen molar-refractivity contribution in [3.63, 3.8) is 0 Å². The second-order valence-corrected chi connectivity index (χ2v) is 4.84. The molecular formula is C13H19N3O. The van der Waals surface area contributed by atoms with Crippen LogP contribution in [0, 0.1) is 16.7 Å². The van der Waals surface area contributed by atoms with Crippen LogP contribution in [-0.4, -0.2) is 14.7 Å². The lowest BCUT2D eigenvalue weighted by molar-refractivity contribution is 0.0302. The van der Waals surface area contributed by atoms with Crippen molar-refractivity contribution in [2.75, 3.05) is 0 Å². The van der Waals surface area contributed by atoms with Crippen LogP contribution in [0.4, 0.5) is 0 Å². The molecule has 0 amide bonds. The van der Waals surface area contributed by atoms with Crippen molar-refractivity contribution in [3.8, 4) is 6.07 Å². The number of aliphatic hydroxyl groups excluding tert-OH is 1. The molecule has 1 heterocycles. The van der Waals surface area contributed by atoms with E-state index in [1.807, 2.05) is 11.5 Å². The van der Waals surface area contributed by atoms with Crippen molar-refractivity contribution in [1.82, 2.24) is 9.55 Å². The lowest BCUT2D eigenvalue weighted by atomic mass is 9.70. The second kappa shape index (κ2) is 4.89. The maximum atomic E-state index is 10.5. The third-order valence-electron chi connectivity index (χ3n) is 3.86. The third kappa shape index (κ3) is 2.07. The summed E-state index contributed by atoms with van der Waals surface area (Å²) in [6.07, 6.45) is 7.50. The van der Waals surface area contributed by atoms with Gasteiger partial charge in [0, 0.05) is 6.54 Å². The van der Waals surface area contributed by atoms with Gasteiger partial charge in [-0.2, -0.15) is 5.26 Å². The monoisotopic (exact) mass is 233 g/mol. The molecule has 0 aliphatic heterocycles. The zero-order chi connectivity index (χ0) is 12.3. The Kier molecular flexibility index (Phi) is 3.49. The molecule has 1 atom stereocenters. The number of nitrogens with zero attached hydrogens (tertiary/aromatic N) is 3. The van der Waals surface area contributed by atoms with Gasteiger partial charge in [0.1, 0.15) is 6.10 Å². The van der Waals surface area contributed by atoms with Gasteiger partial charge in [0.2, 0.25) is 0 Å². The van der Waals surface area contributed by atoms with Crippen LogP contribution in [0.3, 0.4) is 0 Å². The Bertz CT molecular complexity index is 413. The average Bonchev–Trinajstić information content (AvgIpc) is 2.86. The topological polar surface area (TPSA) is 61.8 Å². The number of imidazole rings is 1. The van der Waals surface area contributed by atoms with Crippen molar-refractivity contribution in [3.05, 3.63) is 18.2 Å². The standard InChI is InChI=1S/C13H19N3O/c1-2-16-10-15-8-11(16)12(17)13(9-14)6-4-3-5-7-13/h8,10,12,17H,2-7H2,1H3. The molecule has 1 aromatic heterocycles. The fourth-order valence-electron chi connectivity index (χ4n) is 2.74. The summed E-state index contributed by atoms with van der Waals surface area (Å²) in [6, 6.07) is 2.37. The van der Waals surface area contributed by atoms with Gasteiger partial charge in [-0.3, -0.25) is 0 Å². The Morgan fingerprint density at radius 2 is 2.24 bits per heavy atom. The number of nitriles is 1. The highest BCUT2D eigenvalue weighted by atomic mass is 16.3. The van der Waals surface area contributed by atoms with Crippen LogP contribution < -0.4 is 0 Å². The van der Waals surface area contributed by atoms with E-state index in [0.29, 0.717) is 0 Å². The summed E-state index contributed by atoms with van der Waals surface area (Å²) in [5, 5.41) is 19.9. The van der Waals surface area contributed by atoms with E-state index in [-0.39, 0.29) is 0 Å². The summed E-state index contributed by atoms with van der Waals surface area (Å²) >= 11 is 0. The molecule has 92 valence electrons.